The Morgan fingerprint density at radius 1 is 1.43 bits per heavy atom. The molecule has 0 aromatic heterocycles. The number of benzene rings is 1. The van der Waals surface area contributed by atoms with Crippen LogP contribution in [0.2, 0.25) is 0 Å². The molecule has 5 heteroatoms. The number of rotatable bonds is 3. The number of halogens is 2. The van der Waals surface area contributed by atoms with E-state index in [0.717, 1.165) is 12.1 Å². The van der Waals surface area contributed by atoms with E-state index >= 15 is 0 Å². The minimum atomic E-state index is -1.42. The van der Waals surface area contributed by atoms with Crippen LogP contribution in [0.3, 0.4) is 0 Å². The van der Waals surface area contributed by atoms with Crippen LogP contribution in [0.5, 0.6) is 0 Å². The maximum atomic E-state index is 13.0. The van der Waals surface area contributed by atoms with Crippen molar-refractivity contribution in [3.8, 4) is 0 Å². The molecule has 0 spiro atoms. The number of carboxylic acids is 1. The first kappa shape index (κ1) is 10.6. The third-order valence-corrected chi connectivity index (χ3v) is 1.85. The molecule has 0 saturated heterocycles. The first-order valence-electron chi connectivity index (χ1n) is 3.99. The predicted octanol–water partition coefficient (Wildman–Crippen LogP) is -1.13. The van der Waals surface area contributed by atoms with E-state index in [-0.39, 0.29) is 12.0 Å². The lowest BCUT2D eigenvalue weighted by molar-refractivity contribution is -0.437. The summed E-state index contributed by atoms with van der Waals surface area (Å²) in [6, 6.07) is 2.20. The van der Waals surface area contributed by atoms with Crippen molar-refractivity contribution in [2.45, 2.75) is 12.5 Å². The van der Waals surface area contributed by atoms with Crippen LogP contribution in [-0.2, 0) is 11.2 Å². The Balaban J connectivity index is 2.91. The maximum Gasteiger partial charge on any atom is 0.129 e. The van der Waals surface area contributed by atoms with Gasteiger partial charge in [0.1, 0.15) is 17.7 Å². The highest BCUT2D eigenvalue weighted by atomic mass is 19.1. The molecule has 0 aliphatic heterocycles. The predicted molar refractivity (Wildman–Crippen MR) is 41.7 cm³/mol. The lowest BCUT2D eigenvalue weighted by atomic mass is 10.1. The fourth-order valence-electron chi connectivity index (χ4n) is 1.06. The Hall–Kier alpha value is -1.49. The Labute approximate surface area is 79.2 Å². The van der Waals surface area contributed by atoms with Gasteiger partial charge in [-0.2, -0.15) is 0 Å². The van der Waals surface area contributed by atoms with Gasteiger partial charge in [-0.1, -0.05) is 6.07 Å². The molecule has 0 aliphatic carbocycles. The molecule has 0 saturated carbocycles. The van der Waals surface area contributed by atoms with Crippen LogP contribution in [0.4, 0.5) is 8.78 Å². The summed E-state index contributed by atoms with van der Waals surface area (Å²) in [5.41, 5.74) is 2.95. The van der Waals surface area contributed by atoms with Crippen molar-refractivity contribution in [3.63, 3.8) is 0 Å². The van der Waals surface area contributed by atoms with E-state index in [1.165, 1.54) is 6.07 Å². The number of carboxylic acid groups (broad SMARTS) is 1. The first-order chi connectivity index (χ1) is 6.52. The molecule has 0 fully saturated rings. The lowest BCUT2D eigenvalue weighted by Crippen LogP contribution is -2.69. The van der Waals surface area contributed by atoms with E-state index in [9.17, 15) is 18.7 Å². The van der Waals surface area contributed by atoms with E-state index < -0.39 is 23.6 Å². The highest BCUT2D eigenvalue weighted by Gasteiger charge is 2.15. The van der Waals surface area contributed by atoms with E-state index in [4.69, 9.17) is 0 Å². The number of quaternary nitrogens is 1. The molecule has 3 nitrogen and oxygen atoms in total. The quantitative estimate of drug-likeness (QED) is 0.672. The topological polar surface area (TPSA) is 67.8 Å². The minimum absolute atomic E-state index is 0.267. The standard InChI is InChI=1S/C9H9F2NO2/c10-6-2-1-3-7(11)5(6)4-8(12)9(13)14/h1-3,8H,4,12H2,(H,13,14)/t8-/m1/s1. The molecule has 0 unspecified atom stereocenters. The summed E-state index contributed by atoms with van der Waals surface area (Å²) in [5.74, 6) is -2.95. The minimum Gasteiger partial charge on any atom is -0.544 e. The second-order valence-electron chi connectivity index (χ2n) is 2.92. The smallest absolute Gasteiger partial charge is 0.129 e. The van der Waals surface area contributed by atoms with E-state index in [1.807, 2.05) is 0 Å². The molecule has 0 bridgehead atoms. The van der Waals surface area contributed by atoms with Crippen LogP contribution < -0.4 is 10.8 Å². The summed E-state index contributed by atoms with van der Waals surface area (Å²) in [4.78, 5) is 10.3. The lowest BCUT2D eigenvalue weighted by Gasteiger charge is -2.10. The Morgan fingerprint density at radius 2 is 1.93 bits per heavy atom. The average molecular weight is 201 g/mol. The number of aliphatic carboxylic acids is 1. The molecule has 1 aromatic rings. The van der Waals surface area contributed by atoms with Gasteiger partial charge in [0, 0.05) is 12.0 Å². The molecule has 0 radical (unpaired) electrons. The van der Waals surface area contributed by atoms with Crippen LogP contribution in [0.1, 0.15) is 5.56 Å². The molecule has 3 N–H and O–H groups in total. The van der Waals surface area contributed by atoms with Gasteiger partial charge in [0.2, 0.25) is 0 Å². The van der Waals surface area contributed by atoms with E-state index in [1.54, 1.807) is 0 Å². The zero-order valence-corrected chi connectivity index (χ0v) is 7.30. The summed E-state index contributed by atoms with van der Waals surface area (Å²) in [6.07, 6.45) is -0.305. The van der Waals surface area contributed by atoms with Crippen LogP contribution in [0.15, 0.2) is 18.2 Å². The van der Waals surface area contributed by atoms with Crippen LogP contribution in [-0.4, -0.2) is 12.0 Å². The fourth-order valence-corrected chi connectivity index (χ4v) is 1.06. The molecule has 1 aromatic carbocycles. The number of hydrogen-bond acceptors (Lipinski definition) is 2. The highest BCUT2D eigenvalue weighted by Crippen LogP contribution is 2.12. The molecule has 76 valence electrons. The normalized spacial score (nSPS) is 12.5. The summed E-state index contributed by atoms with van der Waals surface area (Å²) in [7, 11) is 0. The molecule has 0 heterocycles. The summed E-state index contributed by atoms with van der Waals surface area (Å²) in [5, 5.41) is 10.3. The van der Waals surface area contributed by atoms with Crippen molar-refractivity contribution in [1.29, 1.82) is 0 Å². The van der Waals surface area contributed by atoms with E-state index in [0.29, 0.717) is 0 Å². The van der Waals surface area contributed by atoms with Gasteiger partial charge in [-0.05, 0) is 12.1 Å². The Morgan fingerprint density at radius 3 is 2.36 bits per heavy atom. The van der Waals surface area contributed by atoms with Crippen LogP contribution in [0, 0.1) is 11.6 Å². The van der Waals surface area contributed by atoms with Gasteiger partial charge in [-0.15, -0.1) is 0 Å². The van der Waals surface area contributed by atoms with Crippen LogP contribution in [0.25, 0.3) is 0 Å². The Bertz CT molecular complexity index is 334. The molecule has 14 heavy (non-hydrogen) atoms. The molecule has 1 atom stereocenters. The molecule has 0 amide bonds. The zero-order valence-electron chi connectivity index (χ0n) is 7.30. The summed E-state index contributed by atoms with van der Waals surface area (Å²) < 4.78 is 26.0. The van der Waals surface area contributed by atoms with Gasteiger partial charge in [0.25, 0.3) is 0 Å². The number of carbonyl (C=O) groups excluding carboxylic acids is 1. The second kappa shape index (κ2) is 4.15. The van der Waals surface area contributed by atoms with Crippen molar-refractivity contribution in [2.24, 2.45) is 0 Å². The second-order valence-corrected chi connectivity index (χ2v) is 2.92. The Kier molecular flexibility index (Phi) is 3.14. The molecule has 0 aliphatic rings. The average Bonchev–Trinajstić information content (AvgIpc) is 2.11. The van der Waals surface area contributed by atoms with Gasteiger partial charge >= 0.3 is 0 Å². The number of hydrogen-bond donors (Lipinski definition) is 1. The van der Waals surface area contributed by atoms with E-state index in [2.05, 4.69) is 5.73 Å². The summed E-state index contributed by atoms with van der Waals surface area (Å²) in [6.45, 7) is 0. The van der Waals surface area contributed by atoms with Crippen LogP contribution >= 0.6 is 0 Å². The first-order valence-corrected chi connectivity index (χ1v) is 3.99. The van der Waals surface area contributed by atoms with Crippen molar-refractivity contribution in [2.75, 3.05) is 0 Å². The largest absolute Gasteiger partial charge is 0.544 e. The number of carbonyl (C=O) groups is 1. The molecular formula is C9H9F2NO2. The van der Waals surface area contributed by atoms with Gasteiger partial charge in [-0.25, -0.2) is 8.78 Å². The van der Waals surface area contributed by atoms with Gasteiger partial charge in [0.15, 0.2) is 0 Å². The third kappa shape index (κ3) is 2.26. The molecule has 1 rings (SSSR count). The fraction of sp³-hybridized carbons (Fsp3) is 0.222. The maximum absolute atomic E-state index is 13.0. The monoisotopic (exact) mass is 201 g/mol. The summed E-state index contributed by atoms with van der Waals surface area (Å²) >= 11 is 0. The van der Waals surface area contributed by atoms with Gasteiger partial charge < -0.3 is 15.6 Å². The van der Waals surface area contributed by atoms with Crippen molar-refractivity contribution in [1.82, 2.24) is 0 Å². The molecular weight excluding hydrogens is 192 g/mol. The van der Waals surface area contributed by atoms with Crippen molar-refractivity contribution >= 4 is 5.97 Å². The van der Waals surface area contributed by atoms with Gasteiger partial charge in [0.05, 0.1) is 5.97 Å². The van der Waals surface area contributed by atoms with Crippen molar-refractivity contribution < 1.29 is 24.4 Å². The van der Waals surface area contributed by atoms with Gasteiger partial charge in [-0.3, -0.25) is 0 Å². The highest BCUT2D eigenvalue weighted by molar-refractivity contribution is 5.69. The van der Waals surface area contributed by atoms with Crippen molar-refractivity contribution in [3.05, 3.63) is 35.4 Å². The SMILES string of the molecule is [NH3+][C@H](Cc1c(F)cccc1F)C(=O)[O-]. The zero-order chi connectivity index (χ0) is 10.7. The third-order valence-electron chi connectivity index (χ3n) is 1.85.